The lowest BCUT2D eigenvalue weighted by atomic mass is 10.00. The summed E-state index contributed by atoms with van der Waals surface area (Å²) in [5, 5.41) is 2.92. The maximum atomic E-state index is 12.0. The Morgan fingerprint density at radius 2 is 2.22 bits per heavy atom. The van der Waals surface area contributed by atoms with Gasteiger partial charge in [-0.05, 0) is 32.6 Å². The number of oxazole rings is 1. The minimum absolute atomic E-state index is 0.0229. The van der Waals surface area contributed by atoms with Gasteiger partial charge in [-0.3, -0.25) is 0 Å². The number of hydrogen-bond donors (Lipinski definition) is 1. The second-order valence-electron chi connectivity index (χ2n) is 5.15. The van der Waals surface area contributed by atoms with Crippen molar-refractivity contribution in [1.82, 2.24) is 15.2 Å². The molecule has 1 aliphatic heterocycles. The van der Waals surface area contributed by atoms with E-state index in [-0.39, 0.29) is 12.1 Å². The third-order valence-electron chi connectivity index (χ3n) is 3.42. The van der Waals surface area contributed by atoms with Gasteiger partial charge in [-0.1, -0.05) is 6.92 Å². The van der Waals surface area contributed by atoms with Gasteiger partial charge in [0.25, 0.3) is 0 Å². The zero-order valence-corrected chi connectivity index (χ0v) is 11.3. The molecule has 2 heterocycles. The molecule has 18 heavy (non-hydrogen) atoms. The molecule has 1 aromatic rings. The Kier molecular flexibility index (Phi) is 3.89. The normalized spacial score (nSPS) is 18.7. The highest BCUT2D eigenvalue weighted by molar-refractivity contribution is 5.74. The molecule has 0 spiro atoms. The number of nitrogens with one attached hydrogen (secondary N) is 1. The first-order valence-electron chi connectivity index (χ1n) is 6.54. The van der Waals surface area contributed by atoms with Crippen LogP contribution in [0.5, 0.6) is 0 Å². The molecule has 1 atom stereocenters. The maximum absolute atomic E-state index is 12.0. The Hall–Kier alpha value is -1.52. The second-order valence-corrected chi connectivity index (χ2v) is 5.15. The lowest BCUT2D eigenvalue weighted by Crippen LogP contribution is -2.44. The fourth-order valence-corrected chi connectivity index (χ4v) is 2.12. The van der Waals surface area contributed by atoms with Crippen molar-refractivity contribution in [2.75, 3.05) is 13.1 Å². The van der Waals surface area contributed by atoms with Crippen molar-refractivity contribution in [1.29, 1.82) is 0 Å². The molecule has 0 aliphatic carbocycles. The van der Waals surface area contributed by atoms with E-state index in [1.807, 2.05) is 18.7 Å². The Morgan fingerprint density at radius 3 is 2.78 bits per heavy atom. The van der Waals surface area contributed by atoms with Crippen molar-refractivity contribution in [2.45, 2.75) is 39.7 Å². The summed E-state index contributed by atoms with van der Waals surface area (Å²) in [7, 11) is 0. The number of urea groups is 1. The monoisotopic (exact) mass is 251 g/mol. The van der Waals surface area contributed by atoms with Gasteiger partial charge >= 0.3 is 6.03 Å². The highest BCUT2D eigenvalue weighted by Crippen LogP contribution is 2.17. The van der Waals surface area contributed by atoms with Crippen LogP contribution in [0.1, 0.15) is 44.4 Å². The van der Waals surface area contributed by atoms with Crippen LogP contribution < -0.4 is 5.32 Å². The Labute approximate surface area is 108 Å². The van der Waals surface area contributed by atoms with Crippen LogP contribution in [0, 0.1) is 12.8 Å². The molecule has 1 fully saturated rings. The van der Waals surface area contributed by atoms with Gasteiger partial charge < -0.3 is 14.6 Å². The van der Waals surface area contributed by atoms with Crippen LogP contribution >= 0.6 is 0 Å². The number of carbonyl (C=O) groups excluding carboxylic acids is 1. The van der Waals surface area contributed by atoms with Crippen molar-refractivity contribution in [3.05, 3.63) is 17.8 Å². The average molecular weight is 251 g/mol. The van der Waals surface area contributed by atoms with Gasteiger partial charge in [0, 0.05) is 13.1 Å². The fraction of sp³-hybridized carbons (Fsp3) is 0.692. The third-order valence-corrected chi connectivity index (χ3v) is 3.42. The molecule has 1 aliphatic rings. The minimum atomic E-state index is -0.189. The molecule has 0 bridgehead atoms. The summed E-state index contributed by atoms with van der Waals surface area (Å²) in [6, 6.07) is -0.212. The first kappa shape index (κ1) is 12.9. The average Bonchev–Trinajstić information content (AvgIpc) is 2.76. The van der Waals surface area contributed by atoms with Crippen LogP contribution in [-0.2, 0) is 0 Å². The number of rotatable bonds is 2. The van der Waals surface area contributed by atoms with Gasteiger partial charge in [-0.15, -0.1) is 0 Å². The fourth-order valence-electron chi connectivity index (χ4n) is 2.12. The van der Waals surface area contributed by atoms with Crippen molar-refractivity contribution in [2.24, 2.45) is 5.92 Å². The lowest BCUT2D eigenvalue weighted by Gasteiger charge is -2.31. The van der Waals surface area contributed by atoms with Crippen LogP contribution in [0.2, 0.25) is 0 Å². The SMILES string of the molecule is Cc1cnc(C(C)NC(=O)N2CCC(C)CC2)o1. The predicted molar refractivity (Wildman–Crippen MR) is 68.2 cm³/mol. The Morgan fingerprint density at radius 1 is 1.56 bits per heavy atom. The zero-order chi connectivity index (χ0) is 13.1. The topological polar surface area (TPSA) is 58.4 Å². The van der Waals surface area contributed by atoms with Crippen molar-refractivity contribution < 1.29 is 9.21 Å². The van der Waals surface area contributed by atoms with Gasteiger partial charge in [0.2, 0.25) is 5.89 Å². The summed E-state index contributed by atoms with van der Waals surface area (Å²) >= 11 is 0. The van der Waals surface area contributed by atoms with E-state index in [1.54, 1.807) is 6.20 Å². The molecule has 2 rings (SSSR count). The first-order valence-corrected chi connectivity index (χ1v) is 6.54. The number of aromatic nitrogens is 1. The molecule has 1 aromatic heterocycles. The molecule has 1 N–H and O–H groups in total. The van der Waals surface area contributed by atoms with E-state index < -0.39 is 0 Å². The molecule has 1 saturated heterocycles. The summed E-state index contributed by atoms with van der Waals surface area (Å²) in [5.41, 5.74) is 0. The van der Waals surface area contributed by atoms with Crippen LogP contribution in [0.4, 0.5) is 4.79 Å². The number of likely N-dealkylation sites (tertiary alicyclic amines) is 1. The van der Waals surface area contributed by atoms with Gasteiger partial charge in [0.1, 0.15) is 11.8 Å². The third kappa shape index (κ3) is 3.03. The molecule has 2 amide bonds. The number of carbonyl (C=O) groups is 1. The molecule has 0 radical (unpaired) electrons. The lowest BCUT2D eigenvalue weighted by molar-refractivity contribution is 0.169. The van der Waals surface area contributed by atoms with Gasteiger partial charge in [-0.2, -0.15) is 0 Å². The summed E-state index contributed by atoms with van der Waals surface area (Å²) in [6.45, 7) is 7.63. The van der Waals surface area contributed by atoms with Crippen LogP contribution in [0.25, 0.3) is 0 Å². The number of aryl methyl sites for hydroxylation is 1. The zero-order valence-electron chi connectivity index (χ0n) is 11.3. The van der Waals surface area contributed by atoms with Crippen molar-refractivity contribution >= 4 is 6.03 Å². The van der Waals surface area contributed by atoms with E-state index in [4.69, 9.17) is 4.42 Å². The second kappa shape index (κ2) is 5.42. The Balaban J connectivity index is 1.87. The van der Waals surface area contributed by atoms with E-state index in [2.05, 4.69) is 17.2 Å². The number of hydrogen-bond acceptors (Lipinski definition) is 3. The molecule has 100 valence electrons. The predicted octanol–water partition coefficient (Wildman–Crippen LogP) is 2.49. The molecule has 0 saturated carbocycles. The molecule has 5 nitrogen and oxygen atoms in total. The summed E-state index contributed by atoms with van der Waals surface area (Å²) in [6.07, 6.45) is 3.83. The quantitative estimate of drug-likeness (QED) is 0.878. The molecular formula is C13H21N3O2. The standard InChI is InChI=1S/C13H21N3O2/c1-9-4-6-16(7-5-9)13(17)15-11(3)12-14-8-10(2)18-12/h8-9,11H,4-7H2,1-3H3,(H,15,17). The van der Waals surface area contributed by atoms with E-state index in [1.165, 1.54) is 0 Å². The molecule has 5 heteroatoms. The van der Waals surface area contributed by atoms with E-state index in [9.17, 15) is 4.79 Å². The van der Waals surface area contributed by atoms with E-state index in [0.717, 1.165) is 37.6 Å². The first-order chi connectivity index (χ1) is 8.56. The van der Waals surface area contributed by atoms with Crippen LogP contribution in [0.3, 0.4) is 0 Å². The number of amides is 2. The summed E-state index contributed by atoms with van der Waals surface area (Å²) in [4.78, 5) is 18.0. The van der Waals surface area contributed by atoms with Crippen molar-refractivity contribution in [3.8, 4) is 0 Å². The highest BCUT2D eigenvalue weighted by Gasteiger charge is 2.22. The largest absolute Gasteiger partial charge is 0.444 e. The minimum Gasteiger partial charge on any atom is -0.444 e. The van der Waals surface area contributed by atoms with Gasteiger partial charge in [-0.25, -0.2) is 9.78 Å². The number of piperidine rings is 1. The Bertz CT molecular complexity index is 408. The highest BCUT2D eigenvalue weighted by atomic mass is 16.4. The van der Waals surface area contributed by atoms with Gasteiger partial charge in [0.05, 0.1) is 6.20 Å². The molecular weight excluding hydrogens is 230 g/mol. The smallest absolute Gasteiger partial charge is 0.318 e. The van der Waals surface area contributed by atoms with Crippen molar-refractivity contribution in [3.63, 3.8) is 0 Å². The van der Waals surface area contributed by atoms with E-state index in [0.29, 0.717) is 5.89 Å². The van der Waals surface area contributed by atoms with Crippen LogP contribution in [-0.4, -0.2) is 29.0 Å². The van der Waals surface area contributed by atoms with Crippen LogP contribution in [0.15, 0.2) is 10.6 Å². The van der Waals surface area contributed by atoms with E-state index >= 15 is 0 Å². The number of nitrogens with zero attached hydrogens (tertiary/aromatic N) is 2. The molecule has 1 unspecified atom stereocenters. The van der Waals surface area contributed by atoms with Gasteiger partial charge in [0.15, 0.2) is 0 Å². The molecule has 0 aromatic carbocycles. The summed E-state index contributed by atoms with van der Waals surface area (Å²) < 4.78 is 5.41. The maximum Gasteiger partial charge on any atom is 0.318 e. The summed E-state index contributed by atoms with van der Waals surface area (Å²) in [5.74, 6) is 2.05.